The number of carbonyl (C=O) groups is 1. The molecule has 3 fully saturated rings. The first-order chi connectivity index (χ1) is 11.6. The number of nitrogens with one attached hydrogen (secondary N) is 1. The second-order valence-corrected chi connectivity index (χ2v) is 7.65. The molecule has 2 atom stereocenters. The van der Waals surface area contributed by atoms with E-state index in [0.29, 0.717) is 27.4 Å². The van der Waals surface area contributed by atoms with E-state index in [1.807, 2.05) is 0 Å². The summed E-state index contributed by atoms with van der Waals surface area (Å²) in [5.41, 5.74) is 0.491. The Morgan fingerprint density at radius 1 is 1.33 bits per heavy atom. The monoisotopic (exact) mass is 345 g/mol. The fraction of sp³-hybridized carbons (Fsp3) is 0.444. The third kappa shape index (κ3) is 2.74. The number of fused-ring (bicyclic) bond motifs is 3. The molecule has 24 heavy (non-hydrogen) atoms. The Kier molecular flexibility index (Phi) is 4.10. The Balaban J connectivity index is 1.51. The fourth-order valence-electron chi connectivity index (χ4n) is 3.92. The molecule has 5 rings (SSSR count). The van der Waals surface area contributed by atoms with Gasteiger partial charge >= 0.3 is 0 Å². The molecule has 3 aliphatic rings. The lowest BCUT2D eigenvalue weighted by atomic mass is 9.79. The number of benzene rings is 1. The van der Waals surface area contributed by atoms with Crippen molar-refractivity contribution in [2.24, 2.45) is 5.92 Å². The Morgan fingerprint density at radius 3 is 2.79 bits per heavy atom. The number of nitrogens with zero attached hydrogens (tertiary/aromatic N) is 2. The van der Waals surface area contributed by atoms with Crippen molar-refractivity contribution in [3.63, 3.8) is 0 Å². The molecule has 4 heterocycles. The third-order valence-electron chi connectivity index (χ3n) is 5.31. The van der Waals surface area contributed by atoms with Crippen LogP contribution < -0.4 is 5.32 Å². The number of halogens is 1. The Morgan fingerprint density at radius 2 is 2.08 bits per heavy atom. The lowest BCUT2D eigenvalue weighted by molar-refractivity contribution is 0.0217. The van der Waals surface area contributed by atoms with Crippen LogP contribution in [0.5, 0.6) is 0 Å². The molecule has 6 heteroatoms. The molecule has 1 amide bonds. The summed E-state index contributed by atoms with van der Waals surface area (Å²) in [4.78, 5) is 19.9. The highest BCUT2D eigenvalue weighted by molar-refractivity contribution is 7.17. The largest absolute Gasteiger partial charge is 0.345 e. The number of aromatic nitrogens is 1. The molecule has 0 spiro atoms. The lowest BCUT2D eigenvalue weighted by Crippen LogP contribution is -2.62. The van der Waals surface area contributed by atoms with Gasteiger partial charge in [-0.25, -0.2) is 9.37 Å². The first-order valence-electron chi connectivity index (χ1n) is 8.39. The van der Waals surface area contributed by atoms with Crippen LogP contribution in [0.25, 0.3) is 10.4 Å². The van der Waals surface area contributed by atoms with E-state index in [1.54, 1.807) is 24.4 Å². The molecule has 2 bridgehead atoms. The smallest absolute Gasteiger partial charge is 0.280 e. The number of hydrogen-bond acceptors (Lipinski definition) is 4. The molecule has 1 aromatic heterocycles. The van der Waals surface area contributed by atoms with E-state index in [1.165, 1.54) is 17.4 Å². The normalized spacial score (nSPS) is 28.8. The summed E-state index contributed by atoms with van der Waals surface area (Å²) in [7, 11) is 0. The number of amides is 1. The van der Waals surface area contributed by atoms with E-state index < -0.39 is 0 Å². The van der Waals surface area contributed by atoms with Crippen molar-refractivity contribution < 1.29 is 9.18 Å². The van der Waals surface area contributed by atoms with Crippen LogP contribution in [0.1, 0.15) is 29.6 Å². The predicted octanol–water partition coefficient (Wildman–Crippen LogP) is 3.16. The van der Waals surface area contributed by atoms with E-state index in [9.17, 15) is 9.18 Å². The highest BCUT2D eigenvalue weighted by atomic mass is 32.1. The SMILES string of the molecule is CC1C(NC(=O)c2ncc(-c3ccccc3F)s2)C2CCN1CC2. The maximum absolute atomic E-state index is 13.9. The Labute approximate surface area is 144 Å². The molecule has 1 N–H and O–H groups in total. The van der Waals surface area contributed by atoms with Gasteiger partial charge in [-0.05, 0) is 44.8 Å². The zero-order valence-corrected chi connectivity index (χ0v) is 14.4. The third-order valence-corrected chi connectivity index (χ3v) is 6.34. The van der Waals surface area contributed by atoms with Crippen molar-refractivity contribution in [3.8, 4) is 10.4 Å². The van der Waals surface area contributed by atoms with Gasteiger partial charge in [0, 0.05) is 23.8 Å². The molecule has 3 saturated heterocycles. The molecule has 4 nitrogen and oxygen atoms in total. The van der Waals surface area contributed by atoms with Crippen molar-refractivity contribution in [2.75, 3.05) is 13.1 Å². The lowest BCUT2D eigenvalue weighted by Gasteiger charge is -2.49. The minimum absolute atomic E-state index is 0.145. The van der Waals surface area contributed by atoms with Crippen molar-refractivity contribution in [3.05, 3.63) is 41.3 Å². The zero-order valence-electron chi connectivity index (χ0n) is 13.5. The van der Waals surface area contributed by atoms with E-state index in [4.69, 9.17) is 0 Å². The van der Waals surface area contributed by atoms with Crippen LogP contribution in [0.3, 0.4) is 0 Å². The first-order valence-corrected chi connectivity index (χ1v) is 9.21. The molecular weight excluding hydrogens is 325 g/mol. The molecule has 0 radical (unpaired) electrons. The summed E-state index contributed by atoms with van der Waals surface area (Å²) in [6.45, 7) is 4.45. The van der Waals surface area contributed by atoms with Crippen LogP contribution in [0.4, 0.5) is 4.39 Å². The number of hydrogen-bond donors (Lipinski definition) is 1. The van der Waals surface area contributed by atoms with Crippen molar-refractivity contribution in [1.82, 2.24) is 15.2 Å². The van der Waals surface area contributed by atoms with Crippen LogP contribution in [-0.4, -0.2) is 41.0 Å². The molecule has 126 valence electrons. The molecule has 3 aliphatic heterocycles. The summed E-state index contributed by atoms with van der Waals surface area (Å²) in [5.74, 6) is 0.118. The van der Waals surface area contributed by atoms with Gasteiger partial charge in [0.15, 0.2) is 5.01 Å². The van der Waals surface area contributed by atoms with Crippen LogP contribution in [-0.2, 0) is 0 Å². The second-order valence-electron chi connectivity index (χ2n) is 6.62. The van der Waals surface area contributed by atoms with E-state index in [-0.39, 0.29) is 17.8 Å². The summed E-state index contributed by atoms with van der Waals surface area (Å²) < 4.78 is 13.9. The van der Waals surface area contributed by atoms with Crippen molar-refractivity contribution in [1.29, 1.82) is 0 Å². The predicted molar refractivity (Wildman–Crippen MR) is 92.5 cm³/mol. The summed E-state index contributed by atoms with van der Waals surface area (Å²) in [6.07, 6.45) is 3.87. The zero-order chi connectivity index (χ0) is 16.7. The number of piperidine rings is 3. The van der Waals surface area contributed by atoms with Crippen LogP contribution >= 0.6 is 11.3 Å². The van der Waals surface area contributed by atoms with Crippen molar-refractivity contribution >= 4 is 17.2 Å². The molecule has 2 unspecified atom stereocenters. The molecule has 0 saturated carbocycles. The van der Waals surface area contributed by atoms with Crippen LogP contribution in [0.15, 0.2) is 30.5 Å². The number of rotatable bonds is 3. The van der Waals surface area contributed by atoms with E-state index in [2.05, 4.69) is 22.1 Å². The van der Waals surface area contributed by atoms with Gasteiger partial charge in [0.25, 0.3) is 5.91 Å². The highest BCUT2D eigenvalue weighted by Gasteiger charge is 2.40. The molecule has 1 aromatic carbocycles. The van der Waals surface area contributed by atoms with Gasteiger partial charge in [0.05, 0.1) is 4.88 Å². The standard InChI is InChI=1S/C18H20FN3OS/c1-11-16(12-6-8-22(11)9-7-12)21-17(23)18-20-10-15(24-18)13-4-2-3-5-14(13)19/h2-5,10-12,16H,6-9H2,1H3,(H,21,23). The average molecular weight is 345 g/mol. The number of carbonyl (C=O) groups excluding carboxylic acids is 1. The van der Waals surface area contributed by atoms with Crippen LogP contribution in [0.2, 0.25) is 0 Å². The summed E-state index contributed by atoms with van der Waals surface area (Å²) in [6, 6.07) is 7.12. The maximum Gasteiger partial charge on any atom is 0.280 e. The minimum Gasteiger partial charge on any atom is -0.345 e. The van der Waals surface area contributed by atoms with E-state index >= 15 is 0 Å². The van der Waals surface area contributed by atoms with Gasteiger partial charge in [-0.1, -0.05) is 18.2 Å². The van der Waals surface area contributed by atoms with Crippen molar-refractivity contribution in [2.45, 2.75) is 31.8 Å². The molecular formula is C18H20FN3OS. The van der Waals surface area contributed by atoms with Gasteiger partial charge in [-0.3, -0.25) is 9.69 Å². The van der Waals surface area contributed by atoms with Gasteiger partial charge < -0.3 is 5.32 Å². The first kappa shape index (κ1) is 15.7. The summed E-state index contributed by atoms with van der Waals surface area (Å²) in [5, 5.41) is 3.57. The van der Waals surface area contributed by atoms with Gasteiger partial charge in [0.2, 0.25) is 0 Å². The van der Waals surface area contributed by atoms with Gasteiger partial charge in [-0.15, -0.1) is 11.3 Å². The Hall–Kier alpha value is -1.79. The Bertz CT molecular complexity index is 752. The molecule has 0 aliphatic carbocycles. The van der Waals surface area contributed by atoms with Gasteiger partial charge in [-0.2, -0.15) is 0 Å². The quantitative estimate of drug-likeness (QED) is 0.929. The average Bonchev–Trinajstić information content (AvgIpc) is 3.09. The number of thiazole rings is 1. The highest BCUT2D eigenvalue weighted by Crippen LogP contribution is 2.33. The molecule has 2 aromatic rings. The van der Waals surface area contributed by atoms with E-state index in [0.717, 1.165) is 25.9 Å². The minimum atomic E-state index is -0.292. The fourth-order valence-corrected chi connectivity index (χ4v) is 4.77. The topological polar surface area (TPSA) is 45.2 Å². The van der Waals surface area contributed by atoms with Gasteiger partial charge in [0.1, 0.15) is 5.82 Å². The van der Waals surface area contributed by atoms with Crippen LogP contribution in [0, 0.1) is 11.7 Å². The second kappa shape index (κ2) is 6.26. The maximum atomic E-state index is 13.9. The summed E-state index contributed by atoms with van der Waals surface area (Å²) >= 11 is 1.24.